The van der Waals surface area contributed by atoms with E-state index >= 15 is 0 Å². The second kappa shape index (κ2) is 4.96. The van der Waals surface area contributed by atoms with Crippen LogP contribution < -0.4 is 5.73 Å². The topological polar surface area (TPSA) is 63.4 Å². The van der Waals surface area contributed by atoms with Gasteiger partial charge in [-0.25, -0.2) is 0 Å². The van der Waals surface area contributed by atoms with Crippen LogP contribution in [0.25, 0.3) is 0 Å². The second-order valence-electron chi connectivity index (χ2n) is 5.41. The van der Waals surface area contributed by atoms with E-state index in [2.05, 4.69) is 4.90 Å². The van der Waals surface area contributed by atoms with Crippen LogP contribution in [0.15, 0.2) is 12.1 Å². The van der Waals surface area contributed by atoms with Crippen molar-refractivity contribution < 1.29 is 9.59 Å². The minimum atomic E-state index is -0.456. The lowest BCUT2D eigenvalue weighted by molar-refractivity contribution is 0.0290. The summed E-state index contributed by atoms with van der Waals surface area (Å²) in [6.45, 7) is 0. The molecule has 0 spiro atoms. The molecule has 0 radical (unpaired) electrons. The van der Waals surface area contributed by atoms with E-state index in [1.165, 1.54) is 24.2 Å². The highest BCUT2D eigenvalue weighted by atomic mass is 32.1. The molecule has 3 rings (SSSR count). The highest BCUT2D eigenvalue weighted by Gasteiger charge is 2.37. The zero-order chi connectivity index (χ0) is 13.4. The van der Waals surface area contributed by atoms with E-state index < -0.39 is 5.91 Å². The summed E-state index contributed by atoms with van der Waals surface area (Å²) in [5.74, 6) is -0.366. The fraction of sp³-hybridized carbons (Fsp3) is 0.571. The molecule has 19 heavy (non-hydrogen) atoms. The molecule has 0 aliphatic heterocycles. The van der Waals surface area contributed by atoms with Gasteiger partial charge in [0.15, 0.2) is 0 Å². The molecule has 0 aromatic carbocycles. The number of nitrogens with zero attached hydrogens (tertiary/aromatic N) is 1. The lowest BCUT2D eigenvalue weighted by Crippen LogP contribution is -2.52. The number of rotatable bonds is 4. The van der Waals surface area contributed by atoms with Gasteiger partial charge in [-0.2, -0.15) is 0 Å². The van der Waals surface area contributed by atoms with Gasteiger partial charge >= 0.3 is 0 Å². The second-order valence-corrected chi connectivity index (χ2v) is 6.49. The first kappa shape index (κ1) is 12.7. The van der Waals surface area contributed by atoms with Crippen molar-refractivity contribution in [1.82, 2.24) is 4.90 Å². The summed E-state index contributed by atoms with van der Waals surface area (Å²) in [4.78, 5) is 26.9. The summed E-state index contributed by atoms with van der Waals surface area (Å²) in [5.41, 5.74) is 5.24. The molecule has 0 unspecified atom stereocenters. The smallest absolute Gasteiger partial charge is 0.264 e. The number of primary amides is 1. The normalized spacial score (nSPS) is 19.6. The van der Waals surface area contributed by atoms with Gasteiger partial charge < -0.3 is 10.6 Å². The first-order valence-electron chi connectivity index (χ1n) is 6.89. The molecule has 102 valence electrons. The van der Waals surface area contributed by atoms with Crippen LogP contribution in [0.1, 0.15) is 57.9 Å². The van der Waals surface area contributed by atoms with E-state index in [9.17, 15) is 9.59 Å². The van der Waals surface area contributed by atoms with Crippen LogP contribution in [-0.2, 0) is 0 Å². The van der Waals surface area contributed by atoms with Crippen LogP contribution in [0, 0.1) is 0 Å². The molecule has 0 atom stereocenters. The number of carbonyl (C=O) groups is 2. The Hall–Kier alpha value is -1.36. The van der Waals surface area contributed by atoms with Gasteiger partial charge in [0.1, 0.15) is 0 Å². The average molecular weight is 278 g/mol. The quantitative estimate of drug-likeness (QED) is 0.919. The fourth-order valence-corrected chi connectivity index (χ4v) is 3.47. The zero-order valence-corrected chi connectivity index (χ0v) is 11.6. The summed E-state index contributed by atoms with van der Waals surface area (Å²) < 4.78 is 0. The maximum absolute atomic E-state index is 12.6. The number of thiophene rings is 1. The van der Waals surface area contributed by atoms with Crippen LogP contribution in [0.3, 0.4) is 0 Å². The number of hydrogen-bond donors (Lipinski definition) is 1. The van der Waals surface area contributed by atoms with Crippen molar-refractivity contribution in [2.24, 2.45) is 5.73 Å². The molecule has 1 aromatic heterocycles. The molecule has 2 saturated carbocycles. The molecular formula is C14H18N2O2S. The molecule has 1 heterocycles. The predicted molar refractivity (Wildman–Crippen MR) is 74.3 cm³/mol. The van der Waals surface area contributed by atoms with E-state index in [1.807, 2.05) is 0 Å². The lowest BCUT2D eigenvalue weighted by Gasteiger charge is -2.46. The first-order valence-corrected chi connectivity index (χ1v) is 7.71. The summed E-state index contributed by atoms with van der Waals surface area (Å²) in [7, 11) is 0. The zero-order valence-electron chi connectivity index (χ0n) is 10.8. The van der Waals surface area contributed by atoms with E-state index in [0.717, 1.165) is 25.7 Å². The third-order valence-electron chi connectivity index (χ3n) is 4.23. The Morgan fingerprint density at radius 3 is 1.95 bits per heavy atom. The molecule has 0 bridgehead atoms. The molecule has 5 heteroatoms. The lowest BCUT2D eigenvalue weighted by atomic mass is 9.84. The highest BCUT2D eigenvalue weighted by Crippen LogP contribution is 2.35. The van der Waals surface area contributed by atoms with Crippen molar-refractivity contribution >= 4 is 23.2 Å². The Morgan fingerprint density at radius 1 is 1.05 bits per heavy atom. The number of nitrogens with two attached hydrogens (primary N) is 1. The maximum atomic E-state index is 12.6. The summed E-state index contributed by atoms with van der Waals surface area (Å²) >= 11 is 1.22. The number of carbonyl (C=O) groups excluding carboxylic acids is 2. The Bertz CT molecular complexity index is 489. The molecule has 2 amide bonds. The Balaban J connectivity index is 1.80. The molecule has 2 aliphatic rings. The van der Waals surface area contributed by atoms with E-state index in [-0.39, 0.29) is 5.91 Å². The third-order valence-corrected chi connectivity index (χ3v) is 5.32. The number of hydrogen-bond acceptors (Lipinski definition) is 3. The summed E-state index contributed by atoms with van der Waals surface area (Å²) in [5, 5.41) is 0. The van der Waals surface area contributed by atoms with Crippen molar-refractivity contribution in [3.8, 4) is 0 Å². The predicted octanol–water partition coefficient (Wildman–Crippen LogP) is 2.39. The van der Waals surface area contributed by atoms with Gasteiger partial charge in [0.2, 0.25) is 0 Å². The molecule has 1 aromatic rings. The van der Waals surface area contributed by atoms with Crippen LogP contribution >= 0.6 is 11.3 Å². The first-order chi connectivity index (χ1) is 9.16. The van der Waals surface area contributed by atoms with Gasteiger partial charge in [0.05, 0.1) is 9.75 Å². The van der Waals surface area contributed by atoms with E-state index in [4.69, 9.17) is 5.73 Å². The van der Waals surface area contributed by atoms with Crippen molar-refractivity contribution in [1.29, 1.82) is 0 Å². The fourth-order valence-electron chi connectivity index (χ4n) is 2.67. The molecular weight excluding hydrogens is 260 g/mol. The van der Waals surface area contributed by atoms with E-state index in [1.54, 1.807) is 12.1 Å². The van der Waals surface area contributed by atoms with Crippen LogP contribution in [0.5, 0.6) is 0 Å². The standard InChI is InChI=1S/C14H18N2O2S/c15-13(17)11-7-8-12(19-11)14(18)16(9-3-1-4-9)10-5-2-6-10/h7-10H,1-6H2,(H2,15,17). The Morgan fingerprint density at radius 2 is 1.58 bits per heavy atom. The van der Waals surface area contributed by atoms with Crippen molar-refractivity contribution in [3.63, 3.8) is 0 Å². The summed E-state index contributed by atoms with van der Waals surface area (Å²) in [6.07, 6.45) is 6.93. The molecule has 0 saturated heterocycles. The highest BCUT2D eigenvalue weighted by molar-refractivity contribution is 7.15. The van der Waals surface area contributed by atoms with Crippen molar-refractivity contribution in [3.05, 3.63) is 21.9 Å². The monoisotopic (exact) mass is 278 g/mol. The maximum Gasteiger partial charge on any atom is 0.264 e. The van der Waals surface area contributed by atoms with Crippen LogP contribution in [0.4, 0.5) is 0 Å². The van der Waals surface area contributed by atoms with Crippen LogP contribution in [-0.4, -0.2) is 28.8 Å². The van der Waals surface area contributed by atoms with Gasteiger partial charge in [-0.3, -0.25) is 9.59 Å². The van der Waals surface area contributed by atoms with Gasteiger partial charge in [0, 0.05) is 12.1 Å². The molecule has 2 N–H and O–H groups in total. The van der Waals surface area contributed by atoms with Crippen LogP contribution in [0.2, 0.25) is 0 Å². The number of amides is 2. The SMILES string of the molecule is NC(=O)c1ccc(C(=O)N(C2CCC2)C2CCC2)s1. The van der Waals surface area contributed by atoms with E-state index in [0.29, 0.717) is 21.8 Å². The molecule has 2 fully saturated rings. The van der Waals surface area contributed by atoms with Crippen molar-refractivity contribution in [2.75, 3.05) is 0 Å². The minimum absolute atomic E-state index is 0.0897. The van der Waals surface area contributed by atoms with Gasteiger partial charge in [-0.1, -0.05) is 0 Å². The third kappa shape index (κ3) is 2.27. The summed E-state index contributed by atoms with van der Waals surface area (Å²) in [6, 6.07) is 4.21. The van der Waals surface area contributed by atoms with Gasteiger partial charge in [-0.15, -0.1) is 11.3 Å². The van der Waals surface area contributed by atoms with Crippen molar-refractivity contribution in [2.45, 2.75) is 50.6 Å². The average Bonchev–Trinajstić information content (AvgIpc) is 2.71. The Labute approximate surface area is 116 Å². The Kier molecular flexibility index (Phi) is 3.31. The van der Waals surface area contributed by atoms with Gasteiger partial charge in [-0.05, 0) is 50.7 Å². The minimum Gasteiger partial charge on any atom is -0.365 e. The molecule has 4 nitrogen and oxygen atoms in total. The van der Waals surface area contributed by atoms with Gasteiger partial charge in [0.25, 0.3) is 11.8 Å². The molecule has 2 aliphatic carbocycles. The largest absolute Gasteiger partial charge is 0.365 e.